The molecule has 3 aromatic rings. The van der Waals surface area contributed by atoms with Gasteiger partial charge in [0.15, 0.2) is 0 Å². The number of nitrogens with one attached hydrogen (secondary N) is 1. The van der Waals surface area contributed by atoms with E-state index in [1.807, 2.05) is 39.5 Å². The molecule has 1 aliphatic heterocycles. The Morgan fingerprint density at radius 1 is 1.37 bits per heavy atom. The molecule has 1 atom stereocenters. The molecule has 1 aliphatic rings. The number of hydrogen-bond acceptors (Lipinski definition) is 6. The van der Waals surface area contributed by atoms with Crippen LogP contribution in [0.15, 0.2) is 35.3 Å². The molecule has 0 radical (unpaired) electrons. The van der Waals surface area contributed by atoms with Crippen molar-refractivity contribution in [3.05, 3.63) is 46.8 Å². The standard InChI is InChI=1S/C17H19N5OS2.2ClH/c1-21-6-5-19-16(21)13-10-18-4-7-22(13)15(23)9-12-11-25-17(20-12)14-3-2-8-24-14;;/h2-3,5-6,8,11,13,18H,4,7,9-10H2,1H3;2*1H. The molecule has 1 saturated heterocycles. The van der Waals surface area contributed by atoms with E-state index in [0.717, 1.165) is 34.5 Å². The first-order chi connectivity index (χ1) is 12.2. The molecule has 1 amide bonds. The maximum Gasteiger partial charge on any atom is 0.229 e. The Labute approximate surface area is 178 Å². The fourth-order valence-electron chi connectivity index (χ4n) is 3.09. The van der Waals surface area contributed by atoms with E-state index in [1.54, 1.807) is 28.9 Å². The van der Waals surface area contributed by atoms with Crippen LogP contribution < -0.4 is 5.32 Å². The topological polar surface area (TPSA) is 63.1 Å². The predicted molar refractivity (Wildman–Crippen MR) is 114 cm³/mol. The van der Waals surface area contributed by atoms with Gasteiger partial charge in [0.1, 0.15) is 16.9 Å². The van der Waals surface area contributed by atoms with E-state index in [4.69, 9.17) is 0 Å². The molecule has 146 valence electrons. The predicted octanol–water partition coefficient (Wildman–Crippen LogP) is 3.16. The fraction of sp³-hybridized carbons (Fsp3) is 0.353. The van der Waals surface area contributed by atoms with Crippen molar-refractivity contribution in [1.82, 2.24) is 24.8 Å². The lowest BCUT2D eigenvalue weighted by molar-refractivity contribution is -0.134. The molecule has 0 aliphatic carbocycles. The van der Waals surface area contributed by atoms with Crippen LogP contribution in [0.3, 0.4) is 0 Å². The highest BCUT2D eigenvalue weighted by atomic mass is 35.5. The first-order valence-electron chi connectivity index (χ1n) is 8.18. The Bertz CT molecular complexity index is 864. The summed E-state index contributed by atoms with van der Waals surface area (Å²) in [7, 11) is 1.97. The van der Waals surface area contributed by atoms with Gasteiger partial charge in [0.2, 0.25) is 5.91 Å². The van der Waals surface area contributed by atoms with Crippen LogP contribution in [0.4, 0.5) is 0 Å². The van der Waals surface area contributed by atoms with Crippen molar-refractivity contribution in [3.8, 4) is 9.88 Å². The Balaban J connectivity index is 0.00000131. The first-order valence-corrected chi connectivity index (χ1v) is 9.94. The van der Waals surface area contributed by atoms with Gasteiger partial charge in [0.25, 0.3) is 0 Å². The summed E-state index contributed by atoms with van der Waals surface area (Å²) in [6.45, 7) is 2.23. The summed E-state index contributed by atoms with van der Waals surface area (Å²) < 4.78 is 1.98. The van der Waals surface area contributed by atoms with Crippen LogP contribution in [0, 0.1) is 0 Å². The Kier molecular flexibility index (Phi) is 7.81. The van der Waals surface area contributed by atoms with Crippen LogP contribution in [0.1, 0.15) is 17.6 Å². The SMILES string of the molecule is Cl.Cl.Cn1ccnc1C1CNCCN1C(=O)Cc1csc(-c2cccs2)n1. The van der Waals surface area contributed by atoms with Crippen LogP contribution in [-0.4, -0.2) is 45.0 Å². The van der Waals surface area contributed by atoms with Crippen molar-refractivity contribution >= 4 is 53.4 Å². The monoisotopic (exact) mass is 445 g/mol. The smallest absolute Gasteiger partial charge is 0.229 e. The molecular weight excluding hydrogens is 425 g/mol. The average molecular weight is 446 g/mol. The number of aryl methyl sites for hydroxylation is 1. The zero-order valence-electron chi connectivity index (χ0n) is 14.7. The van der Waals surface area contributed by atoms with Gasteiger partial charge >= 0.3 is 0 Å². The molecule has 0 spiro atoms. The third kappa shape index (κ3) is 4.70. The number of carbonyl (C=O) groups excluding carboxylic acids is 1. The maximum absolute atomic E-state index is 12.9. The van der Waals surface area contributed by atoms with Crippen molar-refractivity contribution < 1.29 is 4.79 Å². The molecule has 27 heavy (non-hydrogen) atoms. The number of carbonyl (C=O) groups is 1. The van der Waals surface area contributed by atoms with Crippen LogP contribution in [0.25, 0.3) is 9.88 Å². The molecule has 0 aromatic carbocycles. The minimum atomic E-state index is -0.0309. The number of hydrogen-bond donors (Lipinski definition) is 1. The molecule has 6 nitrogen and oxygen atoms in total. The number of nitrogens with zero attached hydrogens (tertiary/aromatic N) is 4. The van der Waals surface area contributed by atoms with Gasteiger partial charge in [0, 0.05) is 44.5 Å². The summed E-state index contributed by atoms with van der Waals surface area (Å²) in [5, 5.41) is 8.38. The molecule has 1 unspecified atom stereocenters. The number of imidazole rings is 1. The van der Waals surface area contributed by atoms with Gasteiger partial charge in [-0.1, -0.05) is 6.07 Å². The lowest BCUT2D eigenvalue weighted by Gasteiger charge is -2.35. The zero-order chi connectivity index (χ0) is 17.2. The lowest BCUT2D eigenvalue weighted by atomic mass is 10.1. The molecule has 4 heterocycles. The lowest BCUT2D eigenvalue weighted by Crippen LogP contribution is -2.49. The summed E-state index contributed by atoms with van der Waals surface area (Å²) in [6, 6.07) is 4.05. The molecular formula is C17H21Cl2N5OS2. The molecule has 0 saturated carbocycles. The van der Waals surface area contributed by atoms with E-state index in [-0.39, 0.29) is 36.8 Å². The molecule has 3 aromatic heterocycles. The molecule has 1 fully saturated rings. The second-order valence-electron chi connectivity index (χ2n) is 6.00. The van der Waals surface area contributed by atoms with Gasteiger partial charge in [-0.05, 0) is 11.4 Å². The number of piperazine rings is 1. The van der Waals surface area contributed by atoms with Gasteiger partial charge in [-0.2, -0.15) is 0 Å². The number of amides is 1. The van der Waals surface area contributed by atoms with Gasteiger partial charge in [0.05, 0.1) is 17.0 Å². The second-order valence-corrected chi connectivity index (χ2v) is 7.81. The zero-order valence-corrected chi connectivity index (χ0v) is 18.0. The highest BCUT2D eigenvalue weighted by Crippen LogP contribution is 2.28. The van der Waals surface area contributed by atoms with Gasteiger partial charge in [-0.3, -0.25) is 4.79 Å². The van der Waals surface area contributed by atoms with E-state index in [9.17, 15) is 4.79 Å². The van der Waals surface area contributed by atoms with Crippen molar-refractivity contribution in [2.24, 2.45) is 7.05 Å². The number of aromatic nitrogens is 3. The number of thiazole rings is 1. The Morgan fingerprint density at radius 2 is 2.22 bits per heavy atom. The van der Waals surface area contributed by atoms with Crippen LogP contribution in [0.5, 0.6) is 0 Å². The highest BCUT2D eigenvalue weighted by Gasteiger charge is 2.30. The van der Waals surface area contributed by atoms with E-state index >= 15 is 0 Å². The van der Waals surface area contributed by atoms with E-state index < -0.39 is 0 Å². The van der Waals surface area contributed by atoms with E-state index in [2.05, 4.69) is 21.4 Å². The van der Waals surface area contributed by atoms with Crippen LogP contribution >= 0.6 is 47.5 Å². The summed E-state index contributed by atoms with van der Waals surface area (Å²) in [4.78, 5) is 25.1. The van der Waals surface area contributed by atoms with Gasteiger partial charge in [-0.25, -0.2) is 9.97 Å². The fourth-order valence-corrected chi connectivity index (χ4v) is 4.72. The van der Waals surface area contributed by atoms with Crippen molar-refractivity contribution in [2.75, 3.05) is 19.6 Å². The third-order valence-electron chi connectivity index (χ3n) is 4.34. The maximum atomic E-state index is 12.9. The van der Waals surface area contributed by atoms with E-state index in [0.29, 0.717) is 13.0 Å². The third-order valence-corrected chi connectivity index (χ3v) is 6.27. The molecule has 1 N–H and O–H groups in total. The van der Waals surface area contributed by atoms with Gasteiger partial charge < -0.3 is 14.8 Å². The molecule has 4 rings (SSSR count). The number of thiophene rings is 1. The summed E-state index contributed by atoms with van der Waals surface area (Å²) >= 11 is 3.27. The first kappa shape index (κ1) is 21.8. The molecule has 0 bridgehead atoms. The quantitative estimate of drug-likeness (QED) is 0.669. The van der Waals surface area contributed by atoms with Crippen LogP contribution in [-0.2, 0) is 18.3 Å². The largest absolute Gasteiger partial charge is 0.336 e. The van der Waals surface area contributed by atoms with Crippen molar-refractivity contribution in [2.45, 2.75) is 12.5 Å². The second kappa shape index (κ2) is 9.66. The summed E-state index contributed by atoms with van der Waals surface area (Å²) in [6.07, 6.45) is 4.03. The normalized spacial score (nSPS) is 16.5. The van der Waals surface area contributed by atoms with Gasteiger partial charge in [-0.15, -0.1) is 47.5 Å². The minimum Gasteiger partial charge on any atom is -0.336 e. The number of halogens is 2. The van der Waals surface area contributed by atoms with Crippen molar-refractivity contribution in [3.63, 3.8) is 0 Å². The summed E-state index contributed by atoms with van der Waals surface area (Å²) in [5.74, 6) is 1.02. The highest BCUT2D eigenvalue weighted by molar-refractivity contribution is 7.20. The van der Waals surface area contributed by atoms with E-state index in [1.165, 1.54) is 0 Å². The van der Waals surface area contributed by atoms with Crippen LogP contribution in [0.2, 0.25) is 0 Å². The van der Waals surface area contributed by atoms with Crippen molar-refractivity contribution in [1.29, 1.82) is 0 Å². The minimum absolute atomic E-state index is 0. The Hall–Kier alpha value is -1.45. The average Bonchev–Trinajstić information content (AvgIpc) is 3.36. The Morgan fingerprint density at radius 3 is 2.93 bits per heavy atom. The molecule has 10 heteroatoms. The number of rotatable bonds is 4. The summed E-state index contributed by atoms with van der Waals surface area (Å²) in [5.41, 5.74) is 0.843.